The third kappa shape index (κ3) is 2.66. The highest BCUT2D eigenvalue weighted by atomic mass is 16.3. The summed E-state index contributed by atoms with van der Waals surface area (Å²) in [4.78, 5) is 0. The van der Waals surface area contributed by atoms with Gasteiger partial charge in [0.25, 0.3) is 0 Å². The van der Waals surface area contributed by atoms with E-state index in [2.05, 4.69) is 26.8 Å². The average molecular weight is 338 g/mol. The summed E-state index contributed by atoms with van der Waals surface area (Å²) in [5.41, 5.74) is -0.00901. The molecule has 8 atom stereocenters. The van der Waals surface area contributed by atoms with Crippen molar-refractivity contribution in [1.29, 1.82) is 0 Å². The lowest BCUT2D eigenvalue weighted by molar-refractivity contribution is -0.0763. The fourth-order valence-corrected chi connectivity index (χ4v) is 6.04. The largest absolute Gasteiger partial charge is 0.396 e. The lowest BCUT2D eigenvalue weighted by Gasteiger charge is -2.44. The molecular weight excluding hydrogens is 304 g/mol. The topological polar surface area (TPSA) is 80.9 Å². The number of hydrogen-bond donors (Lipinski definition) is 4. The Morgan fingerprint density at radius 2 is 1.88 bits per heavy atom. The van der Waals surface area contributed by atoms with Crippen molar-refractivity contribution in [2.24, 2.45) is 35.0 Å². The molecule has 8 unspecified atom stereocenters. The molecule has 0 aromatic carbocycles. The zero-order chi connectivity index (χ0) is 17.9. The molecule has 3 aliphatic rings. The van der Waals surface area contributed by atoms with Gasteiger partial charge in [0.05, 0.1) is 17.8 Å². The molecule has 0 saturated heterocycles. The standard InChI is InChI=1S/C20H34O4/c1-11(2)13-8-17(23)19(3)9-14-12(10-21)7-16(22)18(14)20(4,24)6-5-15(13)19/h5,11-14,16-18,21-24H,6-10H2,1-4H3. The summed E-state index contributed by atoms with van der Waals surface area (Å²) < 4.78 is 0. The third-order valence-electron chi connectivity index (χ3n) is 7.45. The van der Waals surface area contributed by atoms with E-state index < -0.39 is 17.8 Å². The van der Waals surface area contributed by atoms with Crippen molar-refractivity contribution in [2.45, 2.75) is 71.2 Å². The average Bonchev–Trinajstić information content (AvgIpc) is 2.92. The van der Waals surface area contributed by atoms with Gasteiger partial charge in [0, 0.05) is 17.9 Å². The number of aliphatic hydroxyl groups is 4. The van der Waals surface area contributed by atoms with Gasteiger partial charge in [0.1, 0.15) is 0 Å². The van der Waals surface area contributed by atoms with Gasteiger partial charge in [-0.1, -0.05) is 32.4 Å². The van der Waals surface area contributed by atoms with Gasteiger partial charge in [-0.05, 0) is 56.3 Å². The molecule has 0 radical (unpaired) electrons. The zero-order valence-electron chi connectivity index (χ0n) is 15.4. The van der Waals surface area contributed by atoms with Crippen LogP contribution in [0.1, 0.15) is 53.4 Å². The van der Waals surface area contributed by atoms with Crippen molar-refractivity contribution >= 4 is 0 Å². The van der Waals surface area contributed by atoms with Gasteiger partial charge in [-0.3, -0.25) is 0 Å². The molecule has 4 nitrogen and oxygen atoms in total. The molecular formula is C20H34O4. The van der Waals surface area contributed by atoms with Crippen LogP contribution in [0.4, 0.5) is 0 Å². The van der Waals surface area contributed by atoms with Crippen LogP contribution in [-0.2, 0) is 0 Å². The van der Waals surface area contributed by atoms with Crippen LogP contribution < -0.4 is 0 Å². The van der Waals surface area contributed by atoms with Crippen molar-refractivity contribution in [3.8, 4) is 0 Å². The van der Waals surface area contributed by atoms with Crippen molar-refractivity contribution < 1.29 is 20.4 Å². The second-order valence-corrected chi connectivity index (χ2v) is 9.38. The second kappa shape index (κ2) is 6.08. The van der Waals surface area contributed by atoms with Crippen molar-refractivity contribution in [3.05, 3.63) is 11.6 Å². The zero-order valence-corrected chi connectivity index (χ0v) is 15.4. The summed E-state index contributed by atoms with van der Waals surface area (Å²) in [5, 5.41) is 42.3. The number of fused-ring (bicyclic) bond motifs is 2. The van der Waals surface area contributed by atoms with Crippen LogP contribution in [0.15, 0.2) is 11.6 Å². The van der Waals surface area contributed by atoms with E-state index >= 15 is 0 Å². The van der Waals surface area contributed by atoms with E-state index in [0.29, 0.717) is 24.7 Å². The van der Waals surface area contributed by atoms with Crippen molar-refractivity contribution in [3.63, 3.8) is 0 Å². The van der Waals surface area contributed by atoms with E-state index in [0.717, 1.165) is 12.8 Å². The molecule has 0 amide bonds. The van der Waals surface area contributed by atoms with E-state index in [-0.39, 0.29) is 29.8 Å². The maximum absolute atomic E-state index is 11.1. The SMILES string of the molecule is CC(C)C1CC(O)C2(C)CC3C(CO)CC(O)C3C(C)(O)CC=C12. The fourth-order valence-electron chi connectivity index (χ4n) is 6.04. The highest BCUT2D eigenvalue weighted by Gasteiger charge is 2.57. The molecule has 2 saturated carbocycles. The molecule has 0 aromatic rings. The van der Waals surface area contributed by atoms with Crippen LogP contribution in [0.2, 0.25) is 0 Å². The maximum atomic E-state index is 11.1. The Morgan fingerprint density at radius 1 is 1.21 bits per heavy atom. The van der Waals surface area contributed by atoms with Gasteiger partial charge in [-0.15, -0.1) is 0 Å². The van der Waals surface area contributed by atoms with Crippen molar-refractivity contribution in [1.82, 2.24) is 0 Å². The van der Waals surface area contributed by atoms with Gasteiger partial charge >= 0.3 is 0 Å². The number of rotatable bonds is 2. The van der Waals surface area contributed by atoms with Gasteiger partial charge in [-0.25, -0.2) is 0 Å². The van der Waals surface area contributed by atoms with E-state index in [1.807, 2.05) is 6.92 Å². The maximum Gasteiger partial charge on any atom is 0.0709 e. The molecule has 4 N–H and O–H groups in total. The van der Waals surface area contributed by atoms with Crippen LogP contribution in [-0.4, -0.2) is 44.8 Å². The smallest absolute Gasteiger partial charge is 0.0709 e. The summed E-state index contributed by atoms with van der Waals surface area (Å²) in [5.74, 6) is 0.591. The molecule has 0 aliphatic heterocycles. The van der Waals surface area contributed by atoms with Crippen LogP contribution in [0.5, 0.6) is 0 Å². The Hall–Kier alpha value is -0.420. The minimum absolute atomic E-state index is 0.00190. The first-order chi connectivity index (χ1) is 11.1. The van der Waals surface area contributed by atoms with Gasteiger partial charge in [0.2, 0.25) is 0 Å². The van der Waals surface area contributed by atoms with Crippen LogP contribution in [0.3, 0.4) is 0 Å². The minimum Gasteiger partial charge on any atom is -0.396 e. The molecule has 4 heteroatoms. The first-order valence-electron chi connectivity index (χ1n) is 9.51. The molecule has 0 bridgehead atoms. The monoisotopic (exact) mass is 338 g/mol. The van der Waals surface area contributed by atoms with Gasteiger partial charge in [-0.2, -0.15) is 0 Å². The summed E-state index contributed by atoms with van der Waals surface area (Å²) in [6.45, 7) is 8.39. The van der Waals surface area contributed by atoms with Crippen LogP contribution in [0, 0.1) is 35.0 Å². The molecule has 0 heterocycles. The van der Waals surface area contributed by atoms with Crippen LogP contribution >= 0.6 is 0 Å². The normalized spacial score (nSPS) is 51.8. The van der Waals surface area contributed by atoms with Gasteiger partial charge < -0.3 is 20.4 Å². The molecule has 3 aliphatic carbocycles. The number of hydrogen-bond acceptors (Lipinski definition) is 4. The molecule has 138 valence electrons. The number of aliphatic hydroxyl groups excluding tert-OH is 3. The lowest BCUT2D eigenvalue weighted by atomic mass is 9.63. The highest BCUT2D eigenvalue weighted by molar-refractivity contribution is 5.28. The highest BCUT2D eigenvalue weighted by Crippen LogP contribution is 2.58. The predicted molar refractivity (Wildman–Crippen MR) is 93.2 cm³/mol. The Morgan fingerprint density at radius 3 is 2.46 bits per heavy atom. The Balaban J connectivity index is 2.05. The fraction of sp³-hybridized carbons (Fsp3) is 0.900. The minimum atomic E-state index is -0.975. The summed E-state index contributed by atoms with van der Waals surface area (Å²) >= 11 is 0. The molecule has 24 heavy (non-hydrogen) atoms. The van der Waals surface area contributed by atoms with Crippen molar-refractivity contribution in [2.75, 3.05) is 6.61 Å². The van der Waals surface area contributed by atoms with E-state index in [1.165, 1.54) is 5.57 Å². The van der Waals surface area contributed by atoms with E-state index in [1.54, 1.807) is 0 Å². The molecule has 2 fully saturated rings. The van der Waals surface area contributed by atoms with E-state index in [4.69, 9.17) is 0 Å². The predicted octanol–water partition coefficient (Wildman–Crippen LogP) is 2.11. The Kier molecular flexibility index (Phi) is 4.66. The third-order valence-corrected chi connectivity index (χ3v) is 7.45. The van der Waals surface area contributed by atoms with Crippen LogP contribution in [0.25, 0.3) is 0 Å². The Bertz CT molecular complexity index is 512. The first kappa shape index (κ1) is 18.4. The molecule has 3 rings (SSSR count). The van der Waals surface area contributed by atoms with E-state index in [9.17, 15) is 20.4 Å². The van der Waals surface area contributed by atoms with Gasteiger partial charge in [0.15, 0.2) is 0 Å². The molecule has 0 aromatic heterocycles. The summed E-state index contributed by atoms with van der Waals surface area (Å²) in [6, 6.07) is 0. The summed E-state index contributed by atoms with van der Waals surface area (Å²) in [6.07, 6.45) is 3.72. The first-order valence-corrected chi connectivity index (χ1v) is 9.51. The molecule has 0 spiro atoms. The Labute approximate surface area is 145 Å². The lowest BCUT2D eigenvalue weighted by Crippen LogP contribution is -2.46. The summed E-state index contributed by atoms with van der Waals surface area (Å²) in [7, 11) is 0. The quantitative estimate of drug-likeness (QED) is 0.581. The second-order valence-electron chi connectivity index (χ2n) is 9.38.